The average Bonchev–Trinajstić information content (AvgIpc) is 3.32. The van der Waals surface area contributed by atoms with E-state index >= 15 is 0 Å². The number of halogens is 1. The van der Waals surface area contributed by atoms with Gasteiger partial charge in [0.25, 0.3) is 0 Å². The summed E-state index contributed by atoms with van der Waals surface area (Å²) in [6.07, 6.45) is 5.83. The molecule has 1 aliphatic carbocycles. The normalized spacial score (nSPS) is 19.1. The first-order chi connectivity index (χ1) is 11.3. The highest BCUT2D eigenvalue weighted by Crippen LogP contribution is 2.40. The van der Waals surface area contributed by atoms with Gasteiger partial charge in [-0.2, -0.15) is 4.98 Å². The van der Waals surface area contributed by atoms with Crippen LogP contribution in [0.25, 0.3) is 0 Å². The van der Waals surface area contributed by atoms with E-state index in [1.807, 2.05) is 7.05 Å². The van der Waals surface area contributed by atoms with Crippen molar-refractivity contribution in [1.82, 2.24) is 20.1 Å². The zero-order valence-electron chi connectivity index (χ0n) is 13.0. The summed E-state index contributed by atoms with van der Waals surface area (Å²) >= 11 is 6.14. The van der Waals surface area contributed by atoms with Crippen molar-refractivity contribution >= 4 is 23.1 Å². The maximum absolute atomic E-state index is 6.14. The molecule has 1 aliphatic heterocycles. The van der Waals surface area contributed by atoms with Crippen LogP contribution in [0, 0.1) is 0 Å². The van der Waals surface area contributed by atoms with E-state index in [2.05, 4.69) is 30.3 Å². The van der Waals surface area contributed by atoms with Crippen molar-refractivity contribution in [2.24, 2.45) is 0 Å². The molecule has 2 aromatic rings. The van der Waals surface area contributed by atoms with Gasteiger partial charge in [0.2, 0.25) is 5.89 Å². The Morgan fingerprint density at radius 1 is 1.17 bits per heavy atom. The molecule has 4 rings (SSSR count). The van der Waals surface area contributed by atoms with E-state index in [1.165, 1.54) is 19.2 Å². The molecule has 1 saturated heterocycles. The van der Waals surface area contributed by atoms with Gasteiger partial charge < -0.3 is 14.7 Å². The van der Waals surface area contributed by atoms with Gasteiger partial charge in [0.05, 0.1) is 0 Å². The van der Waals surface area contributed by atoms with E-state index in [1.54, 1.807) is 0 Å². The SMILES string of the molecule is CNc1c(Cl)ncnc1N1CCC(c2noc(C3CC3)n2)CC1. The van der Waals surface area contributed by atoms with Gasteiger partial charge in [0.1, 0.15) is 12.0 Å². The van der Waals surface area contributed by atoms with Crippen molar-refractivity contribution < 1.29 is 4.52 Å². The number of rotatable bonds is 4. The van der Waals surface area contributed by atoms with Gasteiger partial charge in [-0.25, -0.2) is 9.97 Å². The number of nitrogens with zero attached hydrogens (tertiary/aromatic N) is 5. The molecule has 1 N–H and O–H groups in total. The number of aromatic nitrogens is 4. The molecule has 2 aromatic heterocycles. The highest BCUT2D eigenvalue weighted by atomic mass is 35.5. The second kappa shape index (κ2) is 5.96. The zero-order chi connectivity index (χ0) is 15.8. The molecule has 7 nitrogen and oxygen atoms in total. The Labute approximate surface area is 139 Å². The van der Waals surface area contributed by atoms with Crippen LogP contribution in [0.1, 0.15) is 49.2 Å². The molecule has 0 aromatic carbocycles. The van der Waals surface area contributed by atoms with Crippen molar-refractivity contribution in [3.63, 3.8) is 0 Å². The molecule has 0 unspecified atom stereocenters. The van der Waals surface area contributed by atoms with Crippen molar-refractivity contribution in [2.45, 2.75) is 37.5 Å². The molecule has 0 radical (unpaired) electrons. The van der Waals surface area contributed by atoms with E-state index in [4.69, 9.17) is 16.1 Å². The largest absolute Gasteiger partial charge is 0.383 e. The molecule has 0 atom stereocenters. The fraction of sp³-hybridized carbons (Fsp3) is 0.600. The van der Waals surface area contributed by atoms with Crippen molar-refractivity contribution in [1.29, 1.82) is 0 Å². The van der Waals surface area contributed by atoms with E-state index < -0.39 is 0 Å². The van der Waals surface area contributed by atoms with Gasteiger partial charge in [-0.3, -0.25) is 0 Å². The molecule has 8 heteroatoms. The summed E-state index contributed by atoms with van der Waals surface area (Å²) in [6, 6.07) is 0. The summed E-state index contributed by atoms with van der Waals surface area (Å²) in [5, 5.41) is 7.72. The molecular weight excluding hydrogens is 316 g/mol. The quantitative estimate of drug-likeness (QED) is 0.861. The molecule has 2 aliphatic rings. The smallest absolute Gasteiger partial charge is 0.229 e. The minimum Gasteiger partial charge on any atom is -0.383 e. The Bertz CT molecular complexity index is 693. The summed E-state index contributed by atoms with van der Waals surface area (Å²) in [6.45, 7) is 1.78. The number of anilines is 2. The molecule has 3 heterocycles. The lowest BCUT2D eigenvalue weighted by atomic mass is 9.96. The lowest BCUT2D eigenvalue weighted by Gasteiger charge is -2.32. The van der Waals surface area contributed by atoms with Crippen LogP contribution in [0.15, 0.2) is 10.9 Å². The van der Waals surface area contributed by atoms with Crippen LogP contribution in [0.2, 0.25) is 5.15 Å². The molecule has 0 amide bonds. The standard InChI is InChI=1S/C15H19ClN6O/c1-17-11-12(16)18-8-19-14(11)22-6-4-9(5-7-22)13-20-15(23-21-13)10-2-3-10/h8-10,17H,2-7H2,1H3. The molecule has 23 heavy (non-hydrogen) atoms. The molecule has 1 saturated carbocycles. The van der Waals surface area contributed by atoms with Gasteiger partial charge in [-0.05, 0) is 25.7 Å². The van der Waals surface area contributed by atoms with Crippen molar-refractivity contribution in [3.05, 3.63) is 23.2 Å². The summed E-state index contributed by atoms with van der Waals surface area (Å²) < 4.78 is 5.38. The highest BCUT2D eigenvalue weighted by Gasteiger charge is 2.32. The lowest BCUT2D eigenvalue weighted by molar-refractivity contribution is 0.364. The monoisotopic (exact) mass is 334 g/mol. The summed E-state index contributed by atoms with van der Waals surface area (Å²) in [5.74, 6) is 3.41. The van der Waals surface area contributed by atoms with Crippen molar-refractivity contribution in [2.75, 3.05) is 30.4 Å². The lowest BCUT2D eigenvalue weighted by Crippen LogP contribution is -2.34. The van der Waals surface area contributed by atoms with Crippen LogP contribution < -0.4 is 10.2 Å². The van der Waals surface area contributed by atoms with E-state index in [9.17, 15) is 0 Å². The highest BCUT2D eigenvalue weighted by molar-refractivity contribution is 6.32. The fourth-order valence-corrected chi connectivity index (χ4v) is 3.29. The average molecular weight is 335 g/mol. The van der Waals surface area contributed by atoms with Crippen LogP contribution in [0.4, 0.5) is 11.5 Å². The van der Waals surface area contributed by atoms with Crippen LogP contribution in [0.3, 0.4) is 0 Å². The Hall–Kier alpha value is -1.89. The maximum Gasteiger partial charge on any atom is 0.229 e. The Morgan fingerprint density at radius 2 is 1.96 bits per heavy atom. The van der Waals surface area contributed by atoms with E-state index in [-0.39, 0.29) is 0 Å². The minimum absolute atomic E-state index is 0.359. The van der Waals surface area contributed by atoms with E-state index in [0.29, 0.717) is 17.0 Å². The third-order valence-electron chi connectivity index (χ3n) is 4.57. The second-order valence-corrected chi connectivity index (χ2v) is 6.50. The number of nitrogens with one attached hydrogen (secondary N) is 1. The van der Waals surface area contributed by atoms with Gasteiger partial charge in [0, 0.05) is 32.0 Å². The second-order valence-electron chi connectivity index (χ2n) is 6.14. The predicted octanol–water partition coefficient (Wildman–Crippen LogP) is 2.82. The summed E-state index contributed by atoms with van der Waals surface area (Å²) in [4.78, 5) is 15.2. The molecule has 2 fully saturated rings. The molecule has 0 bridgehead atoms. The number of hydrogen-bond donors (Lipinski definition) is 1. The Kier molecular flexibility index (Phi) is 3.80. The van der Waals surface area contributed by atoms with Gasteiger partial charge in [-0.1, -0.05) is 16.8 Å². The summed E-state index contributed by atoms with van der Waals surface area (Å²) in [5.41, 5.74) is 0.781. The Morgan fingerprint density at radius 3 is 2.65 bits per heavy atom. The first-order valence-electron chi connectivity index (χ1n) is 8.03. The van der Waals surface area contributed by atoms with Crippen LogP contribution in [-0.2, 0) is 0 Å². The molecule has 122 valence electrons. The Balaban J connectivity index is 1.45. The topological polar surface area (TPSA) is 80.0 Å². The van der Waals surface area contributed by atoms with Gasteiger partial charge in [0.15, 0.2) is 16.8 Å². The zero-order valence-corrected chi connectivity index (χ0v) is 13.8. The molecular formula is C15H19ClN6O. The van der Waals surface area contributed by atoms with Crippen LogP contribution in [-0.4, -0.2) is 40.2 Å². The predicted molar refractivity (Wildman–Crippen MR) is 87.0 cm³/mol. The fourth-order valence-electron chi connectivity index (χ4n) is 3.07. The first-order valence-corrected chi connectivity index (χ1v) is 8.40. The van der Waals surface area contributed by atoms with Gasteiger partial charge in [-0.15, -0.1) is 0 Å². The maximum atomic E-state index is 6.14. The number of piperidine rings is 1. The van der Waals surface area contributed by atoms with Gasteiger partial charge >= 0.3 is 0 Å². The minimum atomic E-state index is 0.359. The first kappa shape index (κ1) is 14.7. The third kappa shape index (κ3) is 2.85. The third-order valence-corrected chi connectivity index (χ3v) is 4.86. The van der Waals surface area contributed by atoms with Crippen molar-refractivity contribution in [3.8, 4) is 0 Å². The van der Waals surface area contributed by atoms with Crippen LogP contribution >= 0.6 is 11.6 Å². The molecule has 0 spiro atoms. The van der Waals surface area contributed by atoms with E-state index in [0.717, 1.165) is 49.2 Å². The summed E-state index contributed by atoms with van der Waals surface area (Å²) in [7, 11) is 1.83. The van der Waals surface area contributed by atoms with Crippen LogP contribution in [0.5, 0.6) is 0 Å². The number of hydrogen-bond acceptors (Lipinski definition) is 7.